The second-order valence-electron chi connectivity index (χ2n) is 6.18. The van der Waals surface area contributed by atoms with E-state index < -0.39 is 0 Å². The molecule has 1 aromatic rings. The Bertz CT molecular complexity index is 504. The van der Waals surface area contributed by atoms with Crippen LogP contribution in [-0.4, -0.2) is 35.1 Å². The van der Waals surface area contributed by atoms with Gasteiger partial charge in [0.15, 0.2) is 0 Å². The smallest absolute Gasteiger partial charge is 0.320 e. The number of nitrogens with zero attached hydrogens (tertiary/aromatic N) is 2. The third-order valence-electron chi connectivity index (χ3n) is 4.46. The minimum absolute atomic E-state index is 0.144. The summed E-state index contributed by atoms with van der Waals surface area (Å²) in [5.41, 5.74) is 1.00. The Morgan fingerprint density at radius 2 is 2.10 bits per heavy atom. The summed E-state index contributed by atoms with van der Waals surface area (Å²) >= 11 is 0. The zero-order valence-corrected chi connectivity index (χ0v) is 12.8. The second kappa shape index (κ2) is 6.05. The van der Waals surface area contributed by atoms with Gasteiger partial charge in [0.1, 0.15) is 5.82 Å². The summed E-state index contributed by atoms with van der Waals surface area (Å²) in [5.74, 6) is 1.52. The van der Waals surface area contributed by atoms with E-state index in [-0.39, 0.29) is 12.1 Å². The fourth-order valence-electron chi connectivity index (χ4n) is 2.86. The van der Waals surface area contributed by atoms with E-state index in [0.29, 0.717) is 12.0 Å². The molecule has 1 atom stereocenters. The molecular formula is C15H24N4O2. The largest absolute Gasteiger partial charge is 0.381 e. The first kappa shape index (κ1) is 14.4. The van der Waals surface area contributed by atoms with Crippen LogP contribution < -0.4 is 10.6 Å². The van der Waals surface area contributed by atoms with Gasteiger partial charge in [0.25, 0.3) is 0 Å². The van der Waals surface area contributed by atoms with Crippen LogP contribution in [0.4, 0.5) is 10.6 Å². The fraction of sp³-hybridized carbons (Fsp3) is 0.733. The topological polar surface area (TPSA) is 68.2 Å². The number of carbonyl (C=O) groups excluding carboxylic acids is 1. The van der Waals surface area contributed by atoms with E-state index >= 15 is 0 Å². The molecule has 1 aliphatic heterocycles. The molecule has 1 aliphatic carbocycles. The average molecular weight is 292 g/mol. The highest BCUT2D eigenvalue weighted by atomic mass is 16.5. The van der Waals surface area contributed by atoms with Crippen LogP contribution in [0.1, 0.15) is 44.2 Å². The zero-order valence-electron chi connectivity index (χ0n) is 12.8. The van der Waals surface area contributed by atoms with Crippen LogP contribution in [-0.2, 0) is 4.74 Å². The molecule has 0 bridgehead atoms. The van der Waals surface area contributed by atoms with Gasteiger partial charge in [0, 0.05) is 24.8 Å². The Kier molecular flexibility index (Phi) is 4.14. The van der Waals surface area contributed by atoms with Crippen molar-refractivity contribution in [3.63, 3.8) is 0 Å². The normalized spacial score (nSPS) is 21.0. The van der Waals surface area contributed by atoms with E-state index in [4.69, 9.17) is 4.74 Å². The van der Waals surface area contributed by atoms with Crippen molar-refractivity contribution in [3.05, 3.63) is 11.8 Å². The van der Waals surface area contributed by atoms with Crippen LogP contribution in [0.25, 0.3) is 0 Å². The molecule has 6 heteroatoms. The molecular weight excluding hydrogens is 268 g/mol. The molecule has 2 heterocycles. The van der Waals surface area contributed by atoms with E-state index in [1.807, 2.05) is 17.8 Å². The average Bonchev–Trinajstić information content (AvgIpc) is 3.26. The summed E-state index contributed by atoms with van der Waals surface area (Å²) in [6.07, 6.45) is 6.10. The number of urea groups is 1. The number of anilines is 1. The Labute approximate surface area is 125 Å². The van der Waals surface area contributed by atoms with Gasteiger partial charge in [0.05, 0.1) is 12.2 Å². The third-order valence-corrected chi connectivity index (χ3v) is 4.46. The van der Waals surface area contributed by atoms with Gasteiger partial charge in [-0.2, -0.15) is 5.10 Å². The minimum Gasteiger partial charge on any atom is -0.381 e. The maximum absolute atomic E-state index is 12.2. The minimum atomic E-state index is -0.144. The number of aromatic nitrogens is 2. The fourth-order valence-corrected chi connectivity index (χ4v) is 2.86. The number of hydrogen-bond acceptors (Lipinski definition) is 3. The Hall–Kier alpha value is -1.56. The lowest BCUT2D eigenvalue weighted by molar-refractivity contribution is 0.0806. The standard InChI is InChI=1S/C15H24N4O2/c1-10-9-16-19(11(2)12-3-4-12)14(10)18-15(20)17-13-5-7-21-8-6-13/h9,11-13H,3-8H2,1-2H3,(H2,17,18,20)/t11-/m0/s1. The van der Waals surface area contributed by atoms with Crippen molar-refractivity contribution in [1.29, 1.82) is 0 Å². The number of nitrogens with one attached hydrogen (secondary N) is 2. The molecule has 0 spiro atoms. The summed E-state index contributed by atoms with van der Waals surface area (Å²) in [6.45, 7) is 5.60. The summed E-state index contributed by atoms with van der Waals surface area (Å²) in [7, 11) is 0. The molecule has 1 saturated heterocycles. The van der Waals surface area contributed by atoms with Gasteiger partial charge >= 0.3 is 6.03 Å². The van der Waals surface area contributed by atoms with Gasteiger partial charge in [0.2, 0.25) is 0 Å². The summed E-state index contributed by atoms with van der Waals surface area (Å²) < 4.78 is 7.26. The van der Waals surface area contributed by atoms with Crippen molar-refractivity contribution in [2.45, 2.75) is 51.6 Å². The molecule has 2 N–H and O–H groups in total. The zero-order chi connectivity index (χ0) is 14.8. The highest BCUT2D eigenvalue weighted by Crippen LogP contribution is 2.40. The molecule has 21 heavy (non-hydrogen) atoms. The molecule has 1 saturated carbocycles. The summed E-state index contributed by atoms with van der Waals surface area (Å²) in [5, 5.41) is 10.4. The van der Waals surface area contributed by atoms with Gasteiger partial charge in [-0.25, -0.2) is 9.48 Å². The Morgan fingerprint density at radius 1 is 1.38 bits per heavy atom. The van der Waals surface area contributed by atoms with Crippen molar-refractivity contribution in [3.8, 4) is 0 Å². The Morgan fingerprint density at radius 3 is 2.76 bits per heavy atom. The predicted molar refractivity (Wildman–Crippen MR) is 80.4 cm³/mol. The molecule has 3 rings (SSSR count). The highest BCUT2D eigenvalue weighted by molar-refractivity contribution is 5.89. The number of ether oxygens (including phenoxy) is 1. The van der Waals surface area contributed by atoms with Gasteiger partial charge in [-0.3, -0.25) is 5.32 Å². The van der Waals surface area contributed by atoms with Crippen LogP contribution in [0.5, 0.6) is 0 Å². The Balaban J connectivity index is 1.63. The molecule has 0 aromatic carbocycles. The van der Waals surface area contributed by atoms with Crippen LogP contribution >= 0.6 is 0 Å². The van der Waals surface area contributed by atoms with Crippen molar-refractivity contribution in [1.82, 2.24) is 15.1 Å². The van der Waals surface area contributed by atoms with Crippen molar-refractivity contribution in [2.24, 2.45) is 5.92 Å². The first-order valence-electron chi connectivity index (χ1n) is 7.84. The third kappa shape index (κ3) is 3.37. The second-order valence-corrected chi connectivity index (χ2v) is 6.18. The summed E-state index contributed by atoms with van der Waals surface area (Å²) in [4.78, 5) is 12.2. The molecule has 2 amide bonds. The number of rotatable bonds is 4. The predicted octanol–water partition coefficient (Wildman–Crippen LogP) is 2.46. The van der Waals surface area contributed by atoms with Crippen LogP contribution in [0, 0.1) is 12.8 Å². The van der Waals surface area contributed by atoms with Crippen molar-refractivity contribution in [2.75, 3.05) is 18.5 Å². The molecule has 1 aromatic heterocycles. The number of amides is 2. The van der Waals surface area contributed by atoms with Gasteiger partial charge < -0.3 is 10.1 Å². The quantitative estimate of drug-likeness (QED) is 0.895. The van der Waals surface area contributed by atoms with E-state index in [0.717, 1.165) is 37.4 Å². The van der Waals surface area contributed by atoms with Crippen molar-refractivity contribution < 1.29 is 9.53 Å². The molecule has 2 aliphatic rings. The molecule has 2 fully saturated rings. The van der Waals surface area contributed by atoms with E-state index in [1.54, 1.807) is 0 Å². The van der Waals surface area contributed by atoms with Gasteiger partial charge in [-0.05, 0) is 45.4 Å². The highest BCUT2D eigenvalue weighted by Gasteiger charge is 2.31. The maximum atomic E-state index is 12.2. The molecule has 6 nitrogen and oxygen atoms in total. The van der Waals surface area contributed by atoms with E-state index in [2.05, 4.69) is 22.7 Å². The van der Waals surface area contributed by atoms with Gasteiger partial charge in [-0.1, -0.05) is 0 Å². The summed E-state index contributed by atoms with van der Waals surface area (Å²) in [6, 6.07) is 0.406. The number of hydrogen-bond donors (Lipinski definition) is 2. The van der Waals surface area contributed by atoms with Crippen LogP contribution in [0.2, 0.25) is 0 Å². The SMILES string of the molecule is Cc1cnn([C@@H](C)C2CC2)c1NC(=O)NC1CCOCC1. The van der Waals surface area contributed by atoms with E-state index in [1.165, 1.54) is 12.8 Å². The lowest BCUT2D eigenvalue weighted by atomic mass is 10.1. The number of aryl methyl sites for hydroxylation is 1. The maximum Gasteiger partial charge on any atom is 0.320 e. The van der Waals surface area contributed by atoms with E-state index in [9.17, 15) is 4.79 Å². The van der Waals surface area contributed by atoms with Crippen molar-refractivity contribution >= 4 is 11.8 Å². The molecule has 116 valence electrons. The van der Waals surface area contributed by atoms with Crippen LogP contribution in [0.3, 0.4) is 0 Å². The first-order chi connectivity index (χ1) is 10.1. The molecule has 0 radical (unpaired) electrons. The first-order valence-corrected chi connectivity index (χ1v) is 7.84. The lowest BCUT2D eigenvalue weighted by Crippen LogP contribution is -2.41. The van der Waals surface area contributed by atoms with Crippen LogP contribution in [0.15, 0.2) is 6.20 Å². The molecule has 0 unspecified atom stereocenters. The van der Waals surface area contributed by atoms with Gasteiger partial charge in [-0.15, -0.1) is 0 Å². The lowest BCUT2D eigenvalue weighted by Gasteiger charge is -2.23. The monoisotopic (exact) mass is 292 g/mol. The number of carbonyl (C=O) groups is 1.